The van der Waals surface area contributed by atoms with Gasteiger partial charge in [-0.2, -0.15) is 0 Å². The van der Waals surface area contributed by atoms with Crippen molar-refractivity contribution in [3.8, 4) is 11.5 Å². The molecular weight excluding hydrogens is 266 g/mol. The minimum Gasteiger partial charge on any atom is -0.493 e. The summed E-state index contributed by atoms with van der Waals surface area (Å²) in [4.78, 5) is 0. The van der Waals surface area contributed by atoms with E-state index < -0.39 is 13.1 Å². The van der Waals surface area contributed by atoms with E-state index in [4.69, 9.17) is 13.6 Å². The Bertz CT molecular complexity index is 747. The van der Waals surface area contributed by atoms with Gasteiger partial charge in [-0.05, 0) is 31.0 Å². The predicted octanol–water partition coefficient (Wildman–Crippen LogP) is 1.16. The molecule has 1 saturated heterocycles. The van der Waals surface area contributed by atoms with Crippen molar-refractivity contribution in [2.24, 2.45) is 5.92 Å². The molecule has 2 bridgehead atoms. The minimum atomic E-state index is -2.53. The van der Waals surface area contributed by atoms with Crippen molar-refractivity contribution < 1.29 is 18.7 Å². The van der Waals surface area contributed by atoms with Crippen LogP contribution in [0.15, 0.2) is 24.3 Å². The summed E-state index contributed by atoms with van der Waals surface area (Å²) in [5.74, 6) is 1.01. The Kier molecular flexibility index (Phi) is 1.72. The summed E-state index contributed by atoms with van der Waals surface area (Å²) in [6.45, 7) is 0.866. The molecule has 2 aliphatic carbocycles. The zero-order valence-corrected chi connectivity index (χ0v) is 11.5. The van der Waals surface area contributed by atoms with Gasteiger partial charge in [0, 0.05) is 22.9 Å². The van der Waals surface area contributed by atoms with Gasteiger partial charge < -0.3 is 19.9 Å². The lowest BCUT2D eigenvalue weighted by Crippen LogP contribution is -2.64. The van der Waals surface area contributed by atoms with E-state index in [9.17, 15) is 5.11 Å². The van der Waals surface area contributed by atoms with Crippen molar-refractivity contribution in [3.05, 3.63) is 35.4 Å². The van der Waals surface area contributed by atoms with Crippen LogP contribution < -0.4 is 14.8 Å². The van der Waals surface area contributed by atoms with Crippen molar-refractivity contribution >= 4 is 0 Å². The summed E-state index contributed by atoms with van der Waals surface area (Å²) in [6, 6.07) is 3.96. The molecular formula is C17H19NO3. The summed E-state index contributed by atoms with van der Waals surface area (Å²) < 4.78 is 33.6. The number of hydrogen-bond donors (Lipinski definition) is 2. The van der Waals surface area contributed by atoms with E-state index in [0.717, 1.165) is 24.9 Å². The van der Waals surface area contributed by atoms with Gasteiger partial charge in [0.05, 0.1) is 11.2 Å². The van der Waals surface area contributed by atoms with Crippen LogP contribution in [0.4, 0.5) is 0 Å². The minimum absolute atomic E-state index is 0.247. The number of ether oxygens (including phenoxy) is 2. The first-order valence-electron chi connectivity index (χ1n) is 9.02. The van der Waals surface area contributed by atoms with Gasteiger partial charge in [0.25, 0.3) is 0 Å². The summed E-state index contributed by atoms with van der Waals surface area (Å²) in [7, 11) is -2.53. The third-order valence-electron chi connectivity index (χ3n) is 5.77. The van der Waals surface area contributed by atoms with E-state index >= 15 is 0 Å². The molecule has 1 aromatic carbocycles. The van der Waals surface area contributed by atoms with Gasteiger partial charge >= 0.3 is 0 Å². The number of hydrogen-bond acceptors (Lipinski definition) is 4. The van der Waals surface area contributed by atoms with Gasteiger partial charge in [0.2, 0.25) is 0 Å². The lowest BCUT2D eigenvalue weighted by atomic mass is 9.54. The SMILES string of the molecule is [2H]C([2H])([2H])Oc1ccc2c3c1OC1C(O)C=CC4[C@@H](C2)NCC[C@]314. The van der Waals surface area contributed by atoms with Gasteiger partial charge in [0.1, 0.15) is 12.2 Å². The van der Waals surface area contributed by atoms with E-state index in [0.29, 0.717) is 11.8 Å². The Morgan fingerprint density at radius 3 is 3.33 bits per heavy atom. The third kappa shape index (κ3) is 1.25. The van der Waals surface area contributed by atoms with Gasteiger partial charge in [0.15, 0.2) is 11.5 Å². The van der Waals surface area contributed by atoms with Gasteiger partial charge in [-0.3, -0.25) is 0 Å². The molecule has 2 heterocycles. The molecule has 4 heteroatoms. The molecule has 21 heavy (non-hydrogen) atoms. The maximum absolute atomic E-state index is 10.5. The second-order valence-electron chi connectivity index (χ2n) is 6.52. The highest BCUT2D eigenvalue weighted by Crippen LogP contribution is 2.61. The number of aliphatic hydroxyl groups excluding tert-OH is 1. The van der Waals surface area contributed by atoms with Crippen LogP contribution in [0.25, 0.3) is 0 Å². The van der Waals surface area contributed by atoms with Crippen LogP contribution in [0.2, 0.25) is 0 Å². The van der Waals surface area contributed by atoms with Crippen molar-refractivity contribution in [1.82, 2.24) is 5.32 Å². The van der Waals surface area contributed by atoms with Crippen LogP contribution >= 0.6 is 0 Å². The monoisotopic (exact) mass is 288 g/mol. The summed E-state index contributed by atoms with van der Waals surface area (Å²) >= 11 is 0. The third-order valence-corrected chi connectivity index (χ3v) is 5.77. The highest BCUT2D eigenvalue weighted by molar-refractivity contribution is 5.62. The fourth-order valence-electron chi connectivity index (χ4n) is 5.05. The number of benzene rings is 1. The molecule has 0 saturated carbocycles. The molecule has 110 valence electrons. The van der Waals surface area contributed by atoms with Crippen molar-refractivity contribution in [3.63, 3.8) is 0 Å². The standard InChI is InChI=1S/C17H19NO3/c1-20-13-5-2-9-8-11-10-3-4-12(19)16-17(10,6-7-18-11)14(9)15(13)21-16/h2-5,10-12,16,18-19H,6-8H2,1H3/t10?,11-,12?,16?,17+/m1/s1/i1D3. The molecule has 0 aromatic heterocycles. The zero-order chi connectivity index (χ0) is 16.7. The van der Waals surface area contributed by atoms with E-state index in [1.165, 1.54) is 5.56 Å². The summed E-state index contributed by atoms with van der Waals surface area (Å²) in [6.07, 6.45) is 4.58. The van der Waals surface area contributed by atoms with E-state index in [1.807, 2.05) is 12.1 Å². The highest BCUT2D eigenvalue weighted by Gasteiger charge is 2.63. The fraction of sp³-hybridized carbons (Fsp3) is 0.529. The topological polar surface area (TPSA) is 50.7 Å². The van der Waals surface area contributed by atoms with E-state index in [2.05, 4.69) is 11.4 Å². The molecule has 4 aliphatic rings. The Hall–Kier alpha value is -1.52. The Balaban J connectivity index is 1.74. The Labute approximate surface area is 128 Å². The molecule has 5 rings (SSSR count). The quantitative estimate of drug-likeness (QED) is 0.762. The van der Waals surface area contributed by atoms with Crippen LogP contribution in [0.5, 0.6) is 11.5 Å². The second-order valence-corrected chi connectivity index (χ2v) is 6.52. The normalized spacial score (nSPS) is 44.1. The number of piperidine rings is 1. The zero-order valence-electron chi connectivity index (χ0n) is 14.5. The fourth-order valence-corrected chi connectivity index (χ4v) is 5.05. The number of aliphatic hydroxyl groups is 1. The molecule has 4 nitrogen and oxygen atoms in total. The van der Waals surface area contributed by atoms with Crippen molar-refractivity contribution in [2.75, 3.05) is 13.6 Å². The first kappa shape index (κ1) is 9.49. The van der Waals surface area contributed by atoms with Crippen LogP contribution in [-0.2, 0) is 11.8 Å². The molecule has 1 fully saturated rings. The van der Waals surface area contributed by atoms with E-state index in [1.54, 1.807) is 6.07 Å². The smallest absolute Gasteiger partial charge is 0.165 e. The maximum atomic E-state index is 10.5. The molecule has 5 atom stereocenters. The maximum Gasteiger partial charge on any atom is 0.165 e. The predicted molar refractivity (Wildman–Crippen MR) is 77.8 cm³/mol. The molecule has 0 amide bonds. The average molecular weight is 288 g/mol. The molecule has 1 spiro atoms. The highest BCUT2D eigenvalue weighted by atomic mass is 16.5. The van der Waals surface area contributed by atoms with Crippen LogP contribution in [0.1, 0.15) is 21.7 Å². The molecule has 0 radical (unpaired) electrons. The molecule has 1 aromatic rings. The summed E-state index contributed by atoms with van der Waals surface area (Å²) in [5, 5.41) is 14.1. The van der Waals surface area contributed by atoms with Crippen molar-refractivity contribution in [1.29, 1.82) is 0 Å². The Morgan fingerprint density at radius 1 is 1.48 bits per heavy atom. The van der Waals surface area contributed by atoms with Gasteiger partial charge in [-0.1, -0.05) is 18.2 Å². The first-order chi connectivity index (χ1) is 11.4. The number of rotatable bonds is 1. The van der Waals surface area contributed by atoms with Gasteiger partial charge in [-0.25, -0.2) is 0 Å². The van der Waals surface area contributed by atoms with Gasteiger partial charge in [-0.15, -0.1) is 0 Å². The van der Waals surface area contributed by atoms with Crippen LogP contribution in [-0.4, -0.2) is 36.9 Å². The second kappa shape index (κ2) is 3.81. The first-order valence-corrected chi connectivity index (χ1v) is 7.52. The summed E-state index contributed by atoms with van der Waals surface area (Å²) in [5.41, 5.74) is 1.93. The number of methoxy groups -OCH3 is 1. The largest absolute Gasteiger partial charge is 0.493 e. The average Bonchev–Trinajstić information content (AvgIpc) is 2.84. The van der Waals surface area contributed by atoms with Crippen LogP contribution in [0, 0.1) is 5.92 Å². The Morgan fingerprint density at radius 2 is 2.43 bits per heavy atom. The van der Waals surface area contributed by atoms with E-state index in [-0.39, 0.29) is 23.2 Å². The molecule has 2 aliphatic heterocycles. The van der Waals surface area contributed by atoms with Crippen LogP contribution in [0.3, 0.4) is 0 Å². The lowest BCUT2D eigenvalue weighted by molar-refractivity contribution is -0.0177. The molecule has 2 N–H and O–H groups in total. The molecule has 3 unspecified atom stereocenters. The lowest BCUT2D eigenvalue weighted by Gasteiger charge is -2.53. The van der Waals surface area contributed by atoms with Crippen molar-refractivity contribution in [2.45, 2.75) is 36.5 Å². The number of nitrogens with one attached hydrogen (secondary N) is 1.